The molecule has 0 amide bonds. The Hall–Kier alpha value is -3.36. The van der Waals surface area contributed by atoms with Crippen molar-refractivity contribution in [1.82, 2.24) is 0 Å². The van der Waals surface area contributed by atoms with Gasteiger partial charge in [0.25, 0.3) is 0 Å². The number of allylic oxidation sites excluding steroid dienone is 1. The Kier molecular flexibility index (Phi) is 4.85. The van der Waals surface area contributed by atoms with Crippen molar-refractivity contribution >= 4 is 75.7 Å². The third kappa shape index (κ3) is 3.35. The number of hydrogen-bond acceptors (Lipinski definition) is 4. The zero-order valence-corrected chi connectivity index (χ0v) is 21.5. The first-order chi connectivity index (χ1) is 17.2. The van der Waals surface area contributed by atoms with E-state index in [1.54, 1.807) is 11.8 Å². The Morgan fingerprint density at radius 1 is 0.657 bits per heavy atom. The predicted octanol–water partition coefficient (Wildman–Crippen LogP) is 7.29. The number of Topliss-reactive ketones (excluding diaryl/α,β-unsaturated/α-hetero) is 2. The van der Waals surface area contributed by atoms with E-state index in [1.165, 1.54) is 24.9 Å². The van der Waals surface area contributed by atoms with Crippen molar-refractivity contribution in [3.8, 4) is 0 Å². The summed E-state index contributed by atoms with van der Waals surface area (Å²) in [7, 11) is 0. The Bertz CT molecular complexity index is 1630. The summed E-state index contributed by atoms with van der Waals surface area (Å²) in [5.41, 5.74) is 3.69. The van der Waals surface area contributed by atoms with E-state index in [0.29, 0.717) is 11.1 Å². The summed E-state index contributed by atoms with van der Waals surface area (Å²) in [5, 5.41) is 1.96. The van der Waals surface area contributed by atoms with Crippen molar-refractivity contribution in [2.75, 3.05) is 4.90 Å². The molecular formula is C30H17NO2STe. The van der Waals surface area contributed by atoms with Crippen molar-refractivity contribution in [3.63, 3.8) is 0 Å². The molecule has 0 saturated carbocycles. The summed E-state index contributed by atoms with van der Waals surface area (Å²) in [4.78, 5) is 31.2. The SMILES string of the molecule is O=C1C(=Cc2ccc(N3c4ccccc4Sc4ccccc43)[te]2)C(=O)c2cc3ccccc3cc21. The van der Waals surface area contributed by atoms with Crippen molar-refractivity contribution in [1.29, 1.82) is 0 Å². The maximum absolute atomic E-state index is 13.2. The van der Waals surface area contributed by atoms with E-state index in [0.717, 1.165) is 14.4 Å². The molecule has 2 heterocycles. The van der Waals surface area contributed by atoms with Crippen LogP contribution in [0.1, 0.15) is 24.3 Å². The monoisotopic (exact) mass is 585 g/mol. The van der Waals surface area contributed by atoms with Gasteiger partial charge in [0, 0.05) is 0 Å². The molecule has 35 heavy (non-hydrogen) atoms. The van der Waals surface area contributed by atoms with Gasteiger partial charge in [-0.2, -0.15) is 0 Å². The number of nitrogens with zero attached hydrogens (tertiary/aromatic N) is 1. The molecule has 5 aromatic rings. The Morgan fingerprint density at radius 2 is 1.20 bits per heavy atom. The van der Waals surface area contributed by atoms with Crippen molar-refractivity contribution in [2.24, 2.45) is 0 Å². The van der Waals surface area contributed by atoms with Crippen LogP contribution in [0.2, 0.25) is 0 Å². The third-order valence-electron chi connectivity index (χ3n) is 6.42. The fraction of sp³-hybridized carbons (Fsp3) is 0. The van der Waals surface area contributed by atoms with E-state index in [4.69, 9.17) is 0 Å². The molecule has 1 aromatic heterocycles. The summed E-state index contributed by atoms with van der Waals surface area (Å²) >= 11 is 0.997. The number of fused-ring (bicyclic) bond motifs is 4. The summed E-state index contributed by atoms with van der Waals surface area (Å²) in [6, 6.07) is 32.7. The van der Waals surface area contributed by atoms with Crippen LogP contribution in [0.15, 0.2) is 112 Å². The number of anilines is 3. The van der Waals surface area contributed by atoms with Crippen LogP contribution in [0, 0.1) is 0 Å². The first kappa shape index (κ1) is 21.0. The van der Waals surface area contributed by atoms with Gasteiger partial charge in [-0.1, -0.05) is 0 Å². The summed E-state index contributed by atoms with van der Waals surface area (Å²) < 4.78 is 2.34. The van der Waals surface area contributed by atoms with Crippen LogP contribution >= 0.6 is 11.8 Å². The number of carbonyl (C=O) groups is 2. The van der Waals surface area contributed by atoms with Gasteiger partial charge in [0.15, 0.2) is 0 Å². The molecule has 2 aliphatic rings. The molecule has 166 valence electrons. The Balaban J connectivity index is 1.30. The standard InChI is InChI=1S/C30H17NO2STe/c32-29-21-15-18-7-1-2-8-19(18)16-22(21)30(33)23(29)17-20-13-14-28(35-20)31-24-9-3-5-11-26(24)34-27-12-6-4-10-25(27)31/h1-17H. The molecule has 0 saturated heterocycles. The van der Waals surface area contributed by atoms with E-state index in [-0.39, 0.29) is 17.1 Å². The Morgan fingerprint density at radius 3 is 1.80 bits per heavy atom. The van der Waals surface area contributed by atoms with E-state index in [1.807, 2.05) is 42.5 Å². The quantitative estimate of drug-likeness (QED) is 0.122. The van der Waals surface area contributed by atoms with Crippen LogP contribution in [0.3, 0.4) is 0 Å². The molecule has 5 heteroatoms. The van der Waals surface area contributed by atoms with Gasteiger partial charge in [-0.25, -0.2) is 0 Å². The van der Waals surface area contributed by atoms with E-state index in [2.05, 4.69) is 65.6 Å². The van der Waals surface area contributed by atoms with Gasteiger partial charge >= 0.3 is 217 Å². The van der Waals surface area contributed by atoms with Gasteiger partial charge in [-0.3, -0.25) is 0 Å². The van der Waals surface area contributed by atoms with Crippen LogP contribution in [0.4, 0.5) is 15.1 Å². The molecule has 7 rings (SSSR count). The summed E-state index contributed by atoms with van der Waals surface area (Å²) in [5.74, 6) is -0.328. The average Bonchev–Trinajstić information content (AvgIpc) is 3.44. The van der Waals surface area contributed by atoms with Crippen molar-refractivity contribution in [3.05, 3.63) is 117 Å². The van der Waals surface area contributed by atoms with Crippen LogP contribution in [0.25, 0.3) is 16.8 Å². The fourth-order valence-corrected chi connectivity index (χ4v) is 8.62. The zero-order chi connectivity index (χ0) is 23.5. The van der Waals surface area contributed by atoms with E-state index < -0.39 is 20.4 Å². The molecule has 1 aliphatic heterocycles. The molecule has 0 fully saturated rings. The second-order valence-electron chi connectivity index (χ2n) is 8.51. The predicted molar refractivity (Wildman–Crippen MR) is 143 cm³/mol. The molecule has 3 nitrogen and oxygen atoms in total. The molecular weight excluding hydrogens is 566 g/mol. The van der Waals surface area contributed by atoms with Crippen LogP contribution in [0.5, 0.6) is 0 Å². The molecule has 0 atom stereocenters. The van der Waals surface area contributed by atoms with Crippen LogP contribution in [-0.4, -0.2) is 32.0 Å². The number of hydrogen-bond donors (Lipinski definition) is 0. The number of para-hydroxylation sites is 2. The van der Waals surface area contributed by atoms with Crippen molar-refractivity contribution < 1.29 is 9.59 Å². The van der Waals surface area contributed by atoms with E-state index >= 15 is 0 Å². The van der Waals surface area contributed by atoms with Gasteiger partial charge in [0.2, 0.25) is 0 Å². The fourth-order valence-electron chi connectivity index (χ4n) is 4.76. The second kappa shape index (κ2) is 8.10. The zero-order valence-electron chi connectivity index (χ0n) is 18.4. The molecule has 0 N–H and O–H groups in total. The van der Waals surface area contributed by atoms with Gasteiger partial charge in [0.1, 0.15) is 0 Å². The van der Waals surface area contributed by atoms with Crippen LogP contribution in [-0.2, 0) is 0 Å². The second-order valence-corrected chi connectivity index (χ2v) is 12.7. The normalized spacial score (nSPS) is 14.2. The van der Waals surface area contributed by atoms with Gasteiger partial charge in [-0.15, -0.1) is 0 Å². The number of rotatable bonds is 2. The number of ketones is 2. The van der Waals surface area contributed by atoms with Crippen molar-refractivity contribution in [2.45, 2.75) is 9.79 Å². The van der Waals surface area contributed by atoms with Gasteiger partial charge in [0.05, 0.1) is 0 Å². The van der Waals surface area contributed by atoms with Gasteiger partial charge in [-0.05, 0) is 0 Å². The molecule has 0 spiro atoms. The summed E-state index contributed by atoms with van der Waals surface area (Å²) in [6.07, 6.45) is 1.84. The topological polar surface area (TPSA) is 37.4 Å². The third-order valence-corrected chi connectivity index (χ3v) is 10.5. The number of carbonyl (C=O) groups excluding carboxylic acids is 2. The summed E-state index contributed by atoms with van der Waals surface area (Å²) in [6.45, 7) is 0. The van der Waals surface area contributed by atoms with Gasteiger partial charge < -0.3 is 0 Å². The molecule has 0 unspecified atom stereocenters. The number of benzene rings is 4. The minimum absolute atomic E-state index is 0.164. The molecule has 0 radical (unpaired) electrons. The first-order valence-electron chi connectivity index (χ1n) is 11.3. The first-order valence-corrected chi connectivity index (χ1v) is 14.4. The molecule has 0 bridgehead atoms. The maximum atomic E-state index is 13.2. The van der Waals surface area contributed by atoms with Crippen LogP contribution < -0.4 is 4.90 Å². The molecule has 4 aromatic carbocycles. The minimum atomic E-state index is -0.797. The molecule has 1 aliphatic carbocycles. The Labute approximate surface area is 216 Å². The average molecular weight is 583 g/mol. The van der Waals surface area contributed by atoms with E-state index in [9.17, 15) is 9.59 Å².